The highest BCUT2D eigenvalue weighted by Crippen LogP contribution is 2.44. The first-order valence-corrected chi connectivity index (χ1v) is 15.4. The van der Waals surface area contributed by atoms with Gasteiger partial charge in [0, 0.05) is 36.2 Å². The van der Waals surface area contributed by atoms with Crippen molar-refractivity contribution in [3.8, 4) is 0 Å². The second-order valence-electron chi connectivity index (χ2n) is 12.7. The van der Waals surface area contributed by atoms with Gasteiger partial charge in [-0.2, -0.15) is 0 Å². The lowest BCUT2D eigenvalue weighted by Gasteiger charge is -2.43. The third-order valence-electron chi connectivity index (χ3n) is 10.1. The standard InChI is InChI=1S/C35H37FN4O3/c36-31-26(11-12-27-28(31)22-40(34(27)43)29-13-14-30(41)37-33(29)42)21-38-18-15-35(23-38)16-19-39(20-17-35)32(24-7-3-1-4-8-24)25-9-5-2-6-10-25/h1-12,29,32H,13-23H2,(H,37,41,42). The van der Waals surface area contributed by atoms with Crippen LogP contribution in [0.15, 0.2) is 72.8 Å². The highest BCUT2D eigenvalue weighted by Gasteiger charge is 2.43. The fraction of sp³-hybridized carbons (Fsp3) is 0.400. The van der Waals surface area contributed by atoms with E-state index in [1.807, 2.05) is 0 Å². The monoisotopic (exact) mass is 580 g/mol. The lowest BCUT2D eigenvalue weighted by molar-refractivity contribution is -0.136. The predicted molar refractivity (Wildman–Crippen MR) is 160 cm³/mol. The maximum absolute atomic E-state index is 15.8. The number of hydrogen-bond donors (Lipinski definition) is 1. The number of nitrogens with one attached hydrogen (secondary N) is 1. The number of piperidine rings is 2. The van der Waals surface area contributed by atoms with E-state index >= 15 is 4.39 Å². The van der Waals surface area contributed by atoms with Crippen molar-refractivity contribution < 1.29 is 18.8 Å². The molecule has 222 valence electrons. The molecule has 0 aliphatic carbocycles. The highest BCUT2D eigenvalue weighted by atomic mass is 19.1. The zero-order valence-electron chi connectivity index (χ0n) is 24.3. The Morgan fingerprint density at radius 3 is 2.16 bits per heavy atom. The molecule has 8 heteroatoms. The van der Waals surface area contributed by atoms with Gasteiger partial charge in [-0.1, -0.05) is 66.7 Å². The van der Waals surface area contributed by atoms with Crippen LogP contribution >= 0.6 is 0 Å². The average molecular weight is 581 g/mol. The molecule has 3 fully saturated rings. The van der Waals surface area contributed by atoms with Crippen LogP contribution in [0.5, 0.6) is 0 Å². The highest BCUT2D eigenvalue weighted by molar-refractivity contribution is 6.05. The molecule has 1 spiro atoms. The molecular weight excluding hydrogens is 543 g/mol. The minimum Gasteiger partial charge on any atom is -0.322 e. The van der Waals surface area contributed by atoms with Gasteiger partial charge in [-0.25, -0.2) is 4.39 Å². The molecule has 1 atom stereocenters. The summed E-state index contributed by atoms with van der Waals surface area (Å²) < 4.78 is 15.8. The summed E-state index contributed by atoms with van der Waals surface area (Å²) in [6.45, 7) is 4.48. The van der Waals surface area contributed by atoms with Crippen LogP contribution in [-0.4, -0.2) is 64.6 Å². The summed E-state index contributed by atoms with van der Waals surface area (Å²) in [5, 5.41) is 2.31. The molecule has 3 saturated heterocycles. The van der Waals surface area contributed by atoms with E-state index in [2.05, 4.69) is 75.8 Å². The quantitative estimate of drug-likeness (QED) is 0.430. The maximum Gasteiger partial charge on any atom is 0.255 e. The number of halogens is 1. The Morgan fingerprint density at radius 2 is 1.51 bits per heavy atom. The van der Waals surface area contributed by atoms with Crippen LogP contribution in [0.3, 0.4) is 0 Å². The first kappa shape index (κ1) is 27.9. The van der Waals surface area contributed by atoms with Gasteiger partial charge in [0.2, 0.25) is 11.8 Å². The largest absolute Gasteiger partial charge is 0.322 e. The van der Waals surface area contributed by atoms with Gasteiger partial charge in [0.1, 0.15) is 11.9 Å². The molecule has 4 aliphatic heterocycles. The number of fused-ring (bicyclic) bond motifs is 1. The summed E-state index contributed by atoms with van der Waals surface area (Å²) in [6.07, 6.45) is 3.78. The molecule has 3 amide bonds. The molecule has 43 heavy (non-hydrogen) atoms. The summed E-state index contributed by atoms with van der Waals surface area (Å²) in [4.78, 5) is 43.4. The van der Waals surface area contributed by atoms with Crippen molar-refractivity contribution in [2.75, 3.05) is 26.2 Å². The van der Waals surface area contributed by atoms with Crippen LogP contribution < -0.4 is 5.32 Å². The van der Waals surface area contributed by atoms with Crippen molar-refractivity contribution in [3.05, 3.63) is 106 Å². The first-order valence-electron chi connectivity index (χ1n) is 15.4. The molecule has 3 aromatic rings. The summed E-state index contributed by atoms with van der Waals surface area (Å²) in [6, 6.07) is 24.4. The van der Waals surface area contributed by atoms with E-state index in [0.717, 1.165) is 45.4 Å². The normalized spacial score (nSPS) is 22.4. The molecule has 0 bridgehead atoms. The predicted octanol–water partition coefficient (Wildman–Crippen LogP) is 4.66. The third-order valence-corrected chi connectivity index (χ3v) is 10.1. The Balaban J connectivity index is 1.01. The molecule has 3 aromatic carbocycles. The maximum atomic E-state index is 15.8. The van der Waals surface area contributed by atoms with Gasteiger partial charge in [-0.3, -0.25) is 29.5 Å². The second kappa shape index (κ2) is 11.3. The molecule has 4 heterocycles. The molecule has 0 saturated carbocycles. The molecule has 7 nitrogen and oxygen atoms in total. The van der Waals surface area contributed by atoms with Crippen LogP contribution in [0.2, 0.25) is 0 Å². The van der Waals surface area contributed by atoms with Gasteiger partial charge in [0.15, 0.2) is 0 Å². The van der Waals surface area contributed by atoms with Crippen molar-refractivity contribution in [2.45, 2.75) is 57.3 Å². The molecular formula is C35H37FN4O3. The number of rotatable bonds is 6. The van der Waals surface area contributed by atoms with Crippen molar-refractivity contribution in [3.63, 3.8) is 0 Å². The smallest absolute Gasteiger partial charge is 0.255 e. The van der Waals surface area contributed by atoms with E-state index < -0.39 is 11.9 Å². The number of carbonyl (C=O) groups excluding carboxylic acids is 3. The van der Waals surface area contributed by atoms with Crippen molar-refractivity contribution >= 4 is 17.7 Å². The number of amides is 3. The second-order valence-corrected chi connectivity index (χ2v) is 12.7. The van der Waals surface area contributed by atoms with Gasteiger partial charge in [-0.05, 0) is 67.9 Å². The lowest BCUT2D eigenvalue weighted by Crippen LogP contribution is -2.52. The van der Waals surface area contributed by atoms with Crippen molar-refractivity contribution in [1.29, 1.82) is 0 Å². The van der Waals surface area contributed by atoms with Crippen LogP contribution in [0.25, 0.3) is 0 Å². The molecule has 4 aliphatic rings. The van der Waals surface area contributed by atoms with Crippen molar-refractivity contribution in [2.24, 2.45) is 5.41 Å². The Hall–Kier alpha value is -3.88. The van der Waals surface area contributed by atoms with E-state index in [9.17, 15) is 14.4 Å². The van der Waals surface area contributed by atoms with Crippen LogP contribution in [0.1, 0.15) is 70.8 Å². The van der Waals surface area contributed by atoms with Crippen LogP contribution in [-0.2, 0) is 22.7 Å². The number of benzene rings is 3. The average Bonchev–Trinajstić information content (AvgIpc) is 3.57. The molecule has 0 radical (unpaired) electrons. The number of likely N-dealkylation sites (tertiary alicyclic amines) is 2. The van der Waals surface area contributed by atoms with Gasteiger partial charge >= 0.3 is 0 Å². The van der Waals surface area contributed by atoms with Gasteiger partial charge < -0.3 is 4.90 Å². The van der Waals surface area contributed by atoms with Gasteiger partial charge in [-0.15, -0.1) is 0 Å². The fourth-order valence-electron chi connectivity index (χ4n) is 7.73. The summed E-state index contributed by atoms with van der Waals surface area (Å²) in [7, 11) is 0. The van der Waals surface area contributed by atoms with Gasteiger partial charge in [0.25, 0.3) is 5.91 Å². The van der Waals surface area contributed by atoms with E-state index in [-0.39, 0.29) is 48.5 Å². The SMILES string of the molecule is O=C1CCC(N2Cc3c(ccc(CN4CCC5(CCN(C(c6ccccc6)c6ccccc6)CC5)C4)c3F)C2=O)C(=O)N1. The Morgan fingerprint density at radius 1 is 0.860 bits per heavy atom. The van der Waals surface area contributed by atoms with Crippen molar-refractivity contribution in [1.82, 2.24) is 20.0 Å². The fourth-order valence-corrected chi connectivity index (χ4v) is 7.73. The van der Waals surface area contributed by atoms with E-state index in [1.54, 1.807) is 12.1 Å². The number of nitrogens with zero attached hydrogens (tertiary/aromatic N) is 3. The molecule has 1 unspecified atom stereocenters. The first-order chi connectivity index (χ1) is 20.9. The number of carbonyl (C=O) groups is 3. The zero-order valence-corrected chi connectivity index (χ0v) is 24.3. The Bertz CT molecular complexity index is 1500. The summed E-state index contributed by atoms with van der Waals surface area (Å²) in [5.41, 5.74) is 4.16. The van der Waals surface area contributed by atoms with Gasteiger partial charge in [0.05, 0.1) is 12.6 Å². The molecule has 0 aromatic heterocycles. The number of hydrogen-bond acceptors (Lipinski definition) is 5. The van der Waals surface area contributed by atoms with E-state index in [0.29, 0.717) is 23.2 Å². The molecule has 1 N–H and O–H groups in total. The Kier molecular flexibility index (Phi) is 7.35. The molecule has 7 rings (SSSR count). The lowest BCUT2D eigenvalue weighted by atomic mass is 9.77. The Labute approximate surface area is 251 Å². The minimum absolute atomic E-state index is 0.0594. The zero-order chi connectivity index (χ0) is 29.6. The van der Waals surface area contributed by atoms with Crippen LogP contribution in [0.4, 0.5) is 4.39 Å². The minimum atomic E-state index is -0.742. The number of imide groups is 1. The van der Waals surface area contributed by atoms with Crippen LogP contribution in [0, 0.1) is 11.2 Å². The third kappa shape index (κ3) is 5.27. The summed E-state index contributed by atoms with van der Waals surface area (Å²) in [5.74, 6) is -1.50. The summed E-state index contributed by atoms with van der Waals surface area (Å²) >= 11 is 0. The van der Waals surface area contributed by atoms with E-state index in [4.69, 9.17) is 0 Å². The topological polar surface area (TPSA) is 73.0 Å². The van der Waals surface area contributed by atoms with E-state index in [1.165, 1.54) is 16.0 Å².